The Morgan fingerprint density at radius 1 is 0.679 bits per heavy atom. The molecule has 166 valence electrons. The van der Waals surface area contributed by atoms with Gasteiger partial charge in [0.15, 0.2) is 0 Å². The van der Waals surface area contributed by atoms with E-state index in [2.05, 4.69) is 0 Å². The zero-order chi connectivity index (χ0) is 21.8. The minimum atomic E-state index is -1.57. The van der Waals surface area contributed by atoms with Gasteiger partial charge in [0, 0.05) is 0 Å². The van der Waals surface area contributed by atoms with Gasteiger partial charge in [-0.15, -0.1) is 0 Å². The zero-order valence-electron chi connectivity index (χ0n) is 19.3. The van der Waals surface area contributed by atoms with Gasteiger partial charge >= 0.3 is 11.9 Å². The Kier molecular flexibility index (Phi) is 12.6. The summed E-state index contributed by atoms with van der Waals surface area (Å²) in [5.74, 6) is -1.13. The van der Waals surface area contributed by atoms with E-state index in [1.165, 1.54) is 0 Å². The van der Waals surface area contributed by atoms with Crippen LogP contribution in [0.25, 0.3) is 0 Å². The third-order valence-electron chi connectivity index (χ3n) is 4.64. The summed E-state index contributed by atoms with van der Waals surface area (Å²) in [6, 6.07) is 0. The maximum Gasteiger partial charge on any atom is 0.342 e. The van der Waals surface area contributed by atoms with Gasteiger partial charge in [-0.25, -0.2) is 9.59 Å². The summed E-state index contributed by atoms with van der Waals surface area (Å²) in [5.41, 5.74) is -3.14. The van der Waals surface area contributed by atoms with Crippen LogP contribution in [0, 0.1) is 0 Å². The lowest BCUT2D eigenvalue weighted by atomic mass is 9.77. The van der Waals surface area contributed by atoms with E-state index < -0.39 is 23.1 Å². The van der Waals surface area contributed by atoms with Crippen molar-refractivity contribution in [2.75, 3.05) is 13.2 Å². The monoisotopic (exact) mass is 402 g/mol. The van der Waals surface area contributed by atoms with Crippen LogP contribution in [0.4, 0.5) is 0 Å². The van der Waals surface area contributed by atoms with Gasteiger partial charge < -0.3 is 18.9 Å². The van der Waals surface area contributed by atoms with E-state index in [1.54, 1.807) is 0 Å². The summed E-state index contributed by atoms with van der Waals surface area (Å²) in [6.45, 7) is 15.6. The minimum Gasteiger partial charge on any atom is -0.463 e. The standard InChI is InChI=1S/C22H42O6/c1-9-13-15-25-19(23)21(11-3,27-17(5)6)22(12-4,28-18(7)8)20(24)26-16-14-10-2/h17-18H,9-16H2,1-8H3. The molecule has 2 unspecified atom stereocenters. The summed E-state index contributed by atoms with van der Waals surface area (Å²) in [7, 11) is 0. The highest BCUT2D eigenvalue weighted by molar-refractivity contribution is 5.93. The van der Waals surface area contributed by atoms with E-state index >= 15 is 0 Å². The first kappa shape index (κ1) is 26.9. The van der Waals surface area contributed by atoms with Crippen molar-refractivity contribution in [1.82, 2.24) is 0 Å². The topological polar surface area (TPSA) is 71.1 Å². The van der Waals surface area contributed by atoms with E-state index in [4.69, 9.17) is 18.9 Å². The number of esters is 2. The van der Waals surface area contributed by atoms with Crippen LogP contribution in [0.3, 0.4) is 0 Å². The Morgan fingerprint density at radius 3 is 1.21 bits per heavy atom. The smallest absolute Gasteiger partial charge is 0.342 e. The fourth-order valence-electron chi connectivity index (χ4n) is 3.30. The molecular weight excluding hydrogens is 360 g/mol. The number of hydrogen-bond acceptors (Lipinski definition) is 6. The highest BCUT2D eigenvalue weighted by Gasteiger charge is 2.64. The second-order valence-corrected chi connectivity index (χ2v) is 7.67. The fourth-order valence-corrected chi connectivity index (χ4v) is 3.30. The van der Waals surface area contributed by atoms with Crippen molar-refractivity contribution in [3.05, 3.63) is 0 Å². The molecule has 0 N–H and O–H groups in total. The van der Waals surface area contributed by atoms with E-state index in [-0.39, 0.29) is 38.3 Å². The molecule has 0 aliphatic carbocycles. The molecular formula is C22H42O6. The van der Waals surface area contributed by atoms with Gasteiger partial charge in [-0.3, -0.25) is 0 Å². The fraction of sp³-hybridized carbons (Fsp3) is 0.909. The van der Waals surface area contributed by atoms with Crippen LogP contribution in [0.1, 0.15) is 93.9 Å². The zero-order valence-corrected chi connectivity index (χ0v) is 19.3. The maximum atomic E-state index is 13.3. The molecule has 0 aromatic carbocycles. The molecule has 0 aliphatic rings. The largest absolute Gasteiger partial charge is 0.463 e. The van der Waals surface area contributed by atoms with Crippen LogP contribution in [-0.4, -0.2) is 48.6 Å². The number of carbonyl (C=O) groups excluding carboxylic acids is 2. The number of rotatable bonds is 15. The molecule has 0 amide bonds. The number of carbonyl (C=O) groups is 2. The van der Waals surface area contributed by atoms with Gasteiger partial charge in [0.25, 0.3) is 0 Å². The second-order valence-electron chi connectivity index (χ2n) is 7.67. The third-order valence-corrected chi connectivity index (χ3v) is 4.64. The van der Waals surface area contributed by atoms with Crippen LogP contribution >= 0.6 is 0 Å². The molecule has 6 nitrogen and oxygen atoms in total. The van der Waals surface area contributed by atoms with Crippen LogP contribution in [0.15, 0.2) is 0 Å². The Morgan fingerprint density at radius 2 is 1.00 bits per heavy atom. The molecule has 0 saturated heterocycles. The molecule has 0 saturated carbocycles. The van der Waals surface area contributed by atoms with Crippen molar-refractivity contribution >= 4 is 11.9 Å². The predicted molar refractivity (Wildman–Crippen MR) is 110 cm³/mol. The van der Waals surface area contributed by atoms with Crippen molar-refractivity contribution in [1.29, 1.82) is 0 Å². The molecule has 28 heavy (non-hydrogen) atoms. The number of ether oxygens (including phenoxy) is 4. The quantitative estimate of drug-likeness (QED) is 0.289. The van der Waals surface area contributed by atoms with E-state index in [1.807, 2.05) is 55.4 Å². The summed E-state index contributed by atoms with van der Waals surface area (Å²) in [5, 5.41) is 0. The minimum absolute atomic E-state index is 0.236. The highest BCUT2D eigenvalue weighted by atomic mass is 16.6. The summed E-state index contributed by atoms with van der Waals surface area (Å²) < 4.78 is 23.4. The molecule has 2 atom stereocenters. The highest BCUT2D eigenvalue weighted by Crippen LogP contribution is 2.40. The van der Waals surface area contributed by atoms with Crippen LogP contribution in [-0.2, 0) is 28.5 Å². The van der Waals surface area contributed by atoms with Crippen LogP contribution in [0.5, 0.6) is 0 Å². The average Bonchev–Trinajstić information content (AvgIpc) is 2.64. The Hall–Kier alpha value is -1.14. The van der Waals surface area contributed by atoms with Gasteiger partial charge in [-0.2, -0.15) is 0 Å². The lowest BCUT2D eigenvalue weighted by molar-refractivity contribution is -0.252. The van der Waals surface area contributed by atoms with Gasteiger partial charge in [-0.1, -0.05) is 40.5 Å². The van der Waals surface area contributed by atoms with Gasteiger partial charge in [0.05, 0.1) is 25.4 Å². The second kappa shape index (κ2) is 13.2. The molecule has 0 aromatic rings. The molecule has 0 heterocycles. The number of unbranched alkanes of at least 4 members (excludes halogenated alkanes) is 2. The Balaban J connectivity index is 6.24. The normalized spacial score (nSPS) is 15.9. The van der Waals surface area contributed by atoms with Crippen LogP contribution < -0.4 is 0 Å². The maximum absolute atomic E-state index is 13.3. The lowest BCUT2D eigenvalue weighted by Gasteiger charge is -2.46. The van der Waals surface area contributed by atoms with E-state index in [0.29, 0.717) is 0 Å². The van der Waals surface area contributed by atoms with Crippen LogP contribution in [0.2, 0.25) is 0 Å². The third kappa shape index (κ3) is 6.73. The molecule has 0 bridgehead atoms. The first-order chi connectivity index (χ1) is 13.2. The Labute approximate surface area is 171 Å². The average molecular weight is 403 g/mol. The van der Waals surface area contributed by atoms with Gasteiger partial charge in [0.1, 0.15) is 0 Å². The molecule has 0 aliphatic heterocycles. The molecule has 0 aromatic heterocycles. The molecule has 0 rings (SSSR count). The van der Waals surface area contributed by atoms with E-state index in [0.717, 1.165) is 25.7 Å². The summed E-state index contributed by atoms with van der Waals surface area (Å²) in [4.78, 5) is 26.6. The van der Waals surface area contributed by atoms with Crippen molar-refractivity contribution in [2.45, 2.75) is 117 Å². The summed E-state index contributed by atoms with van der Waals surface area (Å²) in [6.07, 6.45) is 3.17. The van der Waals surface area contributed by atoms with Gasteiger partial charge in [0.2, 0.25) is 11.2 Å². The number of hydrogen-bond donors (Lipinski definition) is 0. The van der Waals surface area contributed by atoms with Crippen molar-refractivity contribution in [2.24, 2.45) is 0 Å². The van der Waals surface area contributed by atoms with Crippen molar-refractivity contribution in [3.63, 3.8) is 0 Å². The van der Waals surface area contributed by atoms with Crippen molar-refractivity contribution in [3.8, 4) is 0 Å². The lowest BCUT2D eigenvalue weighted by Crippen LogP contribution is -2.68. The summed E-state index contributed by atoms with van der Waals surface area (Å²) >= 11 is 0. The SMILES string of the molecule is CCCCOC(=O)C(CC)(OC(C)C)C(CC)(OC(C)C)C(=O)OCCCC. The Bertz CT molecular complexity index is 420. The van der Waals surface area contributed by atoms with E-state index in [9.17, 15) is 9.59 Å². The molecule has 0 fully saturated rings. The predicted octanol–water partition coefficient (Wildman–Crippen LogP) is 4.82. The first-order valence-corrected chi connectivity index (χ1v) is 10.9. The molecule has 0 radical (unpaired) electrons. The van der Waals surface area contributed by atoms with Crippen molar-refractivity contribution < 1.29 is 28.5 Å². The first-order valence-electron chi connectivity index (χ1n) is 10.9. The molecule has 6 heteroatoms. The van der Waals surface area contributed by atoms with Gasteiger partial charge in [-0.05, 0) is 53.4 Å². The molecule has 0 spiro atoms.